The second-order valence-corrected chi connectivity index (χ2v) is 2.69. The van der Waals surface area contributed by atoms with E-state index in [0.717, 1.165) is 12.1 Å². The monoisotopic (exact) mass is 200 g/mol. The van der Waals surface area contributed by atoms with Crippen molar-refractivity contribution >= 4 is 28.2 Å². The Morgan fingerprint density at radius 2 is 2.08 bits per heavy atom. The van der Waals surface area contributed by atoms with Gasteiger partial charge in [0.1, 0.15) is 0 Å². The summed E-state index contributed by atoms with van der Waals surface area (Å²) in [6, 6.07) is 3.51. The molecule has 0 saturated heterocycles. The lowest BCUT2D eigenvalue weighted by molar-refractivity contribution is -0.384. The number of carbonyl (C=O) groups excluding carboxylic acids is 1. The lowest BCUT2D eigenvalue weighted by Gasteiger charge is -1.97. The number of hydrogen-bond donors (Lipinski definition) is 1. The first-order valence-corrected chi connectivity index (χ1v) is 3.63. The van der Waals surface area contributed by atoms with Crippen molar-refractivity contribution in [2.24, 2.45) is 0 Å². The normalized spacial score (nSPS) is 9.62. The zero-order valence-electron chi connectivity index (χ0n) is 6.36. The van der Waals surface area contributed by atoms with Crippen LogP contribution in [0.2, 0.25) is 0 Å². The lowest BCUT2D eigenvalue weighted by Crippen LogP contribution is -1.96. The summed E-state index contributed by atoms with van der Waals surface area (Å²) < 4.78 is 0. The molecule has 0 amide bonds. The van der Waals surface area contributed by atoms with Crippen molar-refractivity contribution in [1.82, 2.24) is 0 Å². The molecular weight excluding hydrogens is 196 g/mol. The summed E-state index contributed by atoms with van der Waals surface area (Å²) in [6.07, 6.45) is 0. The topological polar surface area (TPSA) is 86.2 Å². The van der Waals surface area contributed by atoms with Gasteiger partial charge in [0.25, 0.3) is 10.9 Å². The Labute approximate surface area is 78.3 Å². The number of halogens is 1. The zero-order valence-corrected chi connectivity index (χ0v) is 7.12. The average Bonchev–Trinajstić information content (AvgIpc) is 2.03. The Kier molecular flexibility index (Phi) is 2.48. The number of benzene rings is 1. The van der Waals surface area contributed by atoms with Gasteiger partial charge in [-0.1, -0.05) is 0 Å². The Balaban J connectivity index is 3.26. The van der Waals surface area contributed by atoms with Crippen molar-refractivity contribution in [3.63, 3.8) is 0 Å². The number of nitro groups is 1. The number of rotatable bonds is 2. The van der Waals surface area contributed by atoms with E-state index in [-0.39, 0.29) is 16.9 Å². The second-order valence-electron chi connectivity index (χ2n) is 2.34. The molecule has 0 unspecified atom stereocenters. The number of nitrogen functional groups attached to an aromatic ring is 1. The molecule has 0 bridgehead atoms. The molecule has 1 aromatic rings. The summed E-state index contributed by atoms with van der Waals surface area (Å²) in [5.74, 6) is 0. The van der Waals surface area contributed by atoms with Crippen LogP contribution in [0, 0.1) is 10.1 Å². The largest absolute Gasteiger partial charge is 0.399 e. The van der Waals surface area contributed by atoms with Crippen molar-refractivity contribution < 1.29 is 9.72 Å². The molecular formula is C7H5ClN2O3. The van der Waals surface area contributed by atoms with Gasteiger partial charge in [-0.15, -0.1) is 0 Å². The molecule has 5 nitrogen and oxygen atoms in total. The standard InChI is InChI=1S/C7H5ClN2O3/c8-7(11)4-1-5(9)3-6(2-4)10(12)13/h1-3H,9H2. The van der Waals surface area contributed by atoms with Crippen LogP contribution in [0.4, 0.5) is 11.4 Å². The SMILES string of the molecule is Nc1cc(C(=O)Cl)cc([N+](=O)[O-])c1. The molecule has 1 rings (SSSR count). The molecule has 0 aliphatic rings. The number of nitrogens with two attached hydrogens (primary N) is 1. The van der Waals surface area contributed by atoms with Gasteiger partial charge in [0, 0.05) is 23.4 Å². The Morgan fingerprint density at radius 1 is 1.46 bits per heavy atom. The zero-order chi connectivity index (χ0) is 10.0. The van der Waals surface area contributed by atoms with Crippen LogP contribution in [0.5, 0.6) is 0 Å². The van der Waals surface area contributed by atoms with Crippen LogP contribution in [-0.2, 0) is 0 Å². The van der Waals surface area contributed by atoms with E-state index in [1.54, 1.807) is 0 Å². The molecule has 0 aromatic heterocycles. The average molecular weight is 201 g/mol. The van der Waals surface area contributed by atoms with Crippen molar-refractivity contribution in [2.75, 3.05) is 5.73 Å². The minimum atomic E-state index is -0.768. The van der Waals surface area contributed by atoms with E-state index in [0.29, 0.717) is 0 Å². The molecule has 1 aromatic carbocycles. The molecule has 6 heteroatoms. The number of nitro benzene ring substituents is 1. The molecule has 0 aliphatic carbocycles. The quantitative estimate of drug-likeness (QED) is 0.340. The lowest BCUT2D eigenvalue weighted by atomic mass is 10.2. The Bertz CT molecular complexity index is 346. The Morgan fingerprint density at radius 3 is 2.54 bits per heavy atom. The smallest absolute Gasteiger partial charge is 0.272 e. The minimum Gasteiger partial charge on any atom is -0.399 e. The van der Waals surface area contributed by atoms with Gasteiger partial charge >= 0.3 is 0 Å². The van der Waals surface area contributed by atoms with Crippen molar-refractivity contribution in [3.8, 4) is 0 Å². The summed E-state index contributed by atoms with van der Waals surface area (Å²) in [5.41, 5.74) is 5.23. The van der Waals surface area contributed by atoms with Crippen LogP contribution >= 0.6 is 11.6 Å². The van der Waals surface area contributed by atoms with Gasteiger partial charge in [-0.25, -0.2) is 0 Å². The molecule has 13 heavy (non-hydrogen) atoms. The maximum absolute atomic E-state index is 10.7. The van der Waals surface area contributed by atoms with E-state index in [9.17, 15) is 14.9 Å². The predicted molar refractivity (Wildman–Crippen MR) is 47.7 cm³/mol. The van der Waals surface area contributed by atoms with Crippen LogP contribution in [0.15, 0.2) is 18.2 Å². The van der Waals surface area contributed by atoms with Gasteiger partial charge in [0.15, 0.2) is 0 Å². The maximum atomic E-state index is 10.7. The summed E-state index contributed by atoms with van der Waals surface area (Å²) in [5, 5.41) is 9.56. The van der Waals surface area contributed by atoms with E-state index in [1.165, 1.54) is 6.07 Å². The fraction of sp³-hybridized carbons (Fsp3) is 0. The predicted octanol–water partition coefficient (Wildman–Crippen LogP) is 1.56. The van der Waals surface area contributed by atoms with Gasteiger partial charge in [0.2, 0.25) is 0 Å². The highest BCUT2D eigenvalue weighted by molar-refractivity contribution is 6.67. The maximum Gasteiger partial charge on any atom is 0.272 e. The van der Waals surface area contributed by atoms with Crippen LogP contribution in [0.25, 0.3) is 0 Å². The van der Waals surface area contributed by atoms with Gasteiger partial charge in [0.05, 0.1) is 4.92 Å². The number of anilines is 1. The fourth-order valence-electron chi connectivity index (χ4n) is 0.854. The molecule has 0 heterocycles. The molecule has 68 valence electrons. The summed E-state index contributed by atoms with van der Waals surface area (Å²) in [4.78, 5) is 20.3. The van der Waals surface area contributed by atoms with Crippen LogP contribution < -0.4 is 5.73 Å². The molecule has 2 N–H and O–H groups in total. The number of carbonyl (C=O) groups is 1. The van der Waals surface area contributed by atoms with Crippen LogP contribution in [-0.4, -0.2) is 10.2 Å². The highest BCUT2D eigenvalue weighted by Gasteiger charge is 2.11. The molecule has 0 atom stereocenters. The summed E-state index contributed by atoms with van der Waals surface area (Å²) >= 11 is 5.13. The van der Waals surface area contributed by atoms with E-state index in [2.05, 4.69) is 0 Å². The van der Waals surface area contributed by atoms with E-state index < -0.39 is 10.2 Å². The van der Waals surface area contributed by atoms with Gasteiger partial charge in [-0.05, 0) is 17.7 Å². The fourth-order valence-corrected chi connectivity index (χ4v) is 0.963. The van der Waals surface area contributed by atoms with Gasteiger partial charge < -0.3 is 5.73 Å². The number of non-ortho nitro benzene ring substituents is 1. The van der Waals surface area contributed by atoms with Crippen molar-refractivity contribution in [3.05, 3.63) is 33.9 Å². The van der Waals surface area contributed by atoms with Gasteiger partial charge in [-0.3, -0.25) is 14.9 Å². The first kappa shape index (κ1) is 9.47. The third-order valence-electron chi connectivity index (χ3n) is 1.38. The minimum absolute atomic E-state index is 0.0216. The third kappa shape index (κ3) is 2.16. The van der Waals surface area contributed by atoms with Crippen molar-refractivity contribution in [1.29, 1.82) is 0 Å². The molecule has 0 aliphatic heterocycles. The first-order valence-electron chi connectivity index (χ1n) is 3.25. The second kappa shape index (κ2) is 3.40. The number of hydrogen-bond acceptors (Lipinski definition) is 4. The summed E-state index contributed by atoms with van der Waals surface area (Å²) in [6.45, 7) is 0. The molecule has 0 spiro atoms. The van der Waals surface area contributed by atoms with Crippen LogP contribution in [0.3, 0.4) is 0 Å². The molecule has 0 fully saturated rings. The molecule has 0 radical (unpaired) electrons. The third-order valence-corrected chi connectivity index (χ3v) is 1.60. The highest BCUT2D eigenvalue weighted by Crippen LogP contribution is 2.19. The molecule has 0 saturated carbocycles. The van der Waals surface area contributed by atoms with E-state index in [4.69, 9.17) is 17.3 Å². The Hall–Kier alpha value is -1.62. The van der Waals surface area contributed by atoms with E-state index in [1.807, 2.05) is 0 Å². The summed E-state index contributed by atoms with van der Waals surface area (Å²) in [7, 11) is 0. The van der Waals surface area contributed by atoms with Gasteiger partial charge in [-0.2, -0.15) is 0 Å². The van der Waals surface area contributed by atoms with Crippen molar-refractivity contribution in [2.45, 2.75) is 0 Å². The van der Waals surface area contributed by atoms with Crippen LogP contribution in [0.1, 0.15) is 10.4 Å². The highest BCUT2D eigenvalue weighted by atomic mass is 35.5. The first-order chi connectivity index (χ1) is 6.00. The van der Waals surface area contributed by atoms with E-state index >= 15 is 0 Å². The number of nitrogens with zero attached hydrogens (tertiary/aromatic N) is 1.